The quantitative estimate of drug-likeness (QED) is 0.775. The van der Waals surface area contributed by atoms with Crippen LogP contribution >= 0.6 is 0 Å². The highest BCUT2D eigenvalue weighted by Gasteiger charge is 2.54. The Morgan fingerprint density at radius 1 is 1.23 bits per heavy atom. The first-order chi connectivity index (χ1) is 10.6. The maximum absolute atomic E-state index is 14.5. The van der Waals surface area contributed by atoms with Crippen molar-refractivity contribution in [3.8, 4) is 5.75 Å². The van der Waals surface area contributed by atoms with Gasteiger partial charge in [-0.05, 0) is 67.1 Å². The lowest BCUT2D eigenvalue weighted by Gasteiger charge is -2.48. The summed E-state index contributed by atoms with van der Waals surface area (Å²) in [5.74, 6) is 2.11. The second kappa shape index (κ2) is 4.81. The van der Waals surface area contributed by atoms with Gasteiger partial charge in [-0.3, -0.25) is 4.79 Å². The van der Waals surface area contributed by atoms with E-state index in [1.165, 1.54) is 12.7 Å². The molecule has 3 heteroatoms. The minimum Gasteiger partial charge on any atom is -0.494 e. The van der Waals surface area contributed by atoms with Crippen molar-refractivity contribution in [3.63, 3.8) is 0 Å². The Labute approximate surface area is 131 Å². The highest BCUT2D eigenvalue weighted by atomic mass is 19.1. The summed E-state index contributed by atoms with van der Waals surface area (Å²) in [5.41, 5.74) is 1.92. The van der Waals surface area contributed by atoms with E-state index in [1.807, 2.05) is 0 Å². The zero-order chi connectivity index (χ0) is 15.5. The number of methoxy groups -OCH3 is 1. The minimum absolute atomic E-state index is 0.107. The summed E-state index contributed by atoms with van der Waals surface area (Å²) in [7, 11) is 1.52. The van der Waals surface area contributed by atoms with Crippen LogP contribution in [0.3, 0.4) is 0 Å². The number of ether oxygens (including phenoxy) is 1. The number of ketones is 1. The summed E-state index contributed by atoms with van der Waals surface area (Å²) in [6, 6.07) is 3.83. The van der Waals surface area contributed by atoms with Crippen molar-refractivity contribution in [2.24, 2.45) is 17.3 Å². The Bertz CT molecular complexity index is 639. The highest BCUT2D eigenvalue weighted by Crippen LogP contribution is 2.59. The van der Waals surface area contributed by atoms with E-state index in [1.54, 1.807) is 6.07 Å². The van der Waals surface area contributed by atoms with E-state index in [0.717, 1.165) is 44.1 Å². The standard InChI is InChI=1S/C19H23FO2/c1-19-10-9-12-11-5-7-16(22-2)18(20)14(11)4-3-13(12)15(19)6-8-17(19)21/h5,7,12-13,15H,3-4,6,8-10H2,1-2H3/t12-,13-,15+,19+/m1/s1. The Balaban J connectivity index is 1.73. The molecule has 3 aliphatic rings. The van der Waals surface area contributed by atoms with Crippen LogP contribution in [0.5, 0.6) is 5.75 Å². The van der Waals surface area contributed by atoms with Gasteiger partial charge in [0.2, 0.25) is 0 Å². The molecular formula is C19H23FO2. The summed E-state index contributed by atoms with van der Waals surface area (Å²) < 4.78 is 19.7. The summed E-state index contributed by atoms with van der Waals surface area (Å²) >= 11 is 0. The van der Waals surface area contributed by atoms with Crippen LogP contribution in [0.15, 0.2) is 12.1 Å². The maximum atomic E-state index is 14.5. The molecule has 0 aromatic heterocycles. The van der Waals surface area contributed by atoms with Gasteiger partial charge in [0.15, 0.2) is 11.6 Å². The van der Waals surface area contributed by atoms with E-state index in [9.17, 15) is 9.18 Å². The van der Waals surface area contributed by atoms with Crippen molar-refractivity contribution in [1.29, 1.82) is 0 Å². The SMILES string of the molecule is COc1ccc2c(c1F)CC[C@@H]1[C@@H]2CC[C@]2(C)C(=O)CC[C@@H]12. The number of Topliss-reactive ketones (excluding diaryl/α,β-unsaturated/α-hetero) is 1. The normalized spacial score (nSPS) is 36.5. The molecule has 0 aliphatic heterocycles. The largest absolute Gasteiger partial charge is 0.494 e. The van der Waals surface area contributed by atoms with Crippen LogP contribution in [-0.4, -0.2) is 12.9 Å². The monoisotopic (exact) mass is 302 g/mol. The molecule has 0 N–H and O–H groups in total. The number of fused-ring (bicyclic) bond motifs is 5. The van der Waals surface area contributed by atoms with Gasteiger partial charge in [0.25, 0.3) is 0 Å². The molecule has 2 saturated carbocycles. The van der Waals surface area contributed by atoms with Gasteiger partial charge < -0.3 is 4.74 Å². The molecule has 0 amide bonds. The van der Waals surface area contributed by atoms with E-state index in [0.29, 0.717) is 29.3 Å². The molecule has 1 aromatic carbocycles. The van der Waals surface area contributed by atoms with Crippen molar-refractivity contribution < 1.29 is 13.9 Å². The van der Waals surface area contributed by atoms with E-state index >= 15 is 0 Å². The Hall–Kier alpha value is -1.38. The fraction of sp³-hybridized carbons (Fsp3) is 0.632. The van der Waals surface area contributed by atoms with Gasteiger partial charge in [-0.2, -0.15) is 0 Å². The number of rotatable bonds is 1. The second-order valence-corrected chi connectivity index (χ2v) is 7.48. The predicted octanol–water partition coefficient (Wildman–Crippen LogP) is 4.26. The van der Waals surface area contributed by atoms with Gasteiger partial charge in [0.05, 0.1) is 7.11 Å². The lowest BCUT2D eigenvalue weighted by molar-refractivity contribution is -0.129. The molecule has 118 valence electrons. The van der Waals surface area contributed by atoms with E-state index in [4.69, 9.17) is 4.74 Å². The van der Waals surface area contributed by atoms with Crippen molar-refractivity contribution in [3.05, 3.63) is 29.1 Å². The Morgan fingerprint density at radius 2 is 2.05 bits per heavy atom. The first-order valence-electron chi connectivity index (χ1n) is 8.45. The van der Waals surface area contributed by atoms with Gasteiger partial charge in [0.1, 0.15) is 5.78 Å². The van der Waals surface area contributed by atoms with E-state index < -0.39 is 0 Å². The first kappa shape index (κ1) is 14.2. The van der Waals surface area contributed by atoms with Crippen molar-refractivity contribution >= 4 is 5.78 Å². The number of carbonyl (C=O) groups is 1. The van der Waals surface area contributed by atoms with Crippen LogP contribution in [-0.2, 0) is 11.2 Å². The van der Waals surface area contributed by atoms with Crippen LogP contribution in [0.1, 0.15) is 56.1 Å². The number of carbonyl (C=O) groups excluding carboxylic acids is 1. The molecule has 0 spiro atoms. The van der Waals surface area contributed by atoms with E-state index in [2.05, 4.69) is 13.0 Å². The van der Waals surface area contributed by atoms with Crippen molar-refractivity contribution in [2.75, 3.05) is 7.11 Å². The third kappa shape index (κ3) is 1.74. The minimum atomic E-state index is -0.172. The number of hydrogen-bond acceptors (Lipinski definition) is 2. The Kier molecular flexibility index (Phi) is 3.11. The van der Waals surface area contributed by atoms with Gasteiger partial charge in [0, 0.05) is 11.8 Å². The topological polar surface area (TPSA) is 26.3 Å². The maximum Gasteiger partial charge on any atom is 0.168 e. The average Bonchev–Trinajstić information content (AvgIpc) is 2.83. The van der Waals surface area contributed by atoms with Crippen LogP contribution in [0, 0.1) is 23.1 Å². The number of benzene rings is 1. The number of hydrogen-bond donors (Lipinski definition) is 0. The van der Waals surface area contributed by atoms with E-state index in [-0.39, 0.29) is 11.2 Å². The van der Waals surface area contributed by atoms with Crippen LogP contribution < -0.4 is 4.74 Å². The molecular weight excluding hydrogens is 279 g/mol. The molecule has 2 fully saturated rings. The van der Waals surface area contributed by atoms with Gasteiger partial charge in [-0.25, -0.2) is 4.39 Å². The lowest BCUT2D eigenvalue weighted by Crippen LogP contribution is -2.42. The highest BCUT2D eigenvalue weighted by molar-refractivity contribution is 5.87. The fourth-order valence-corrected chi connectivity index (χ4v) is 5.53. The molecule has 1 aromatic rings. The van der Waals surface area contributed by atoms with Crippen molar-refractivity contribution in [1.82, 2.24) is 0 Å². The summed E-state index contributed by atoms with van der Waals surface area (Å²) in [4.78, 5) is 12.3. The predicted molar refractivity (Wildman–Crippen MR) is 82.6 cm³/mol. The summed E-state index contributed by atoms with van der Waals surface area (Å²) in [6.45, 7) is 2.17. The van der Waals surface area contributed by atoms with Crippen LogP contribution in [0.4, 0.5) is 4.39 Å². The molecule has 22 heavy (non-hydrogen) atoms. The molecule has 0 unspecified atom stereocenters. The number of halogens is 1. The zero-order valence-electron chi connectivity index (χ0n) is 13.3. The van der Waals surface area contributed by atoms with Crippen LogP contribution in [0.25, 0.3) is 0 Å². The molecule has 0 radical (unpaired) electrons. The summed E-state index contributed by atoms with van der Waals surface area (Å²) in [6.07, 6.45) is 5.54. The molecule has 0 bridgehead atoms. The summed E-state index contributed by atoms with van der Waals surface area (Å²) in [5, 5.41) is 0. The molecule has 3 aliphatic carbocycles. The zero-order valence-corrected chi connectivity index (χ0v) is 13.3. The fourth-order valence-electron chi connectivity index (χ4n) is 5.53. The molecule has 4 atom stereocenters. The lowest BCUT2D eigenvalue weighted by atomic mass is 9.55. The smallest absolute Gasteiger partial charge is 0.168 e. The first-order valence-corrected chi connectivity index (χ1v) is 8.45. The van der Waals surface area contributed by atoms with Crippen LogP contribution in [0.2, 0.25) is 0 Å². The third-order valence-corrected chi connectivity index (χ3v) is 6.74. The van der Waals surface area contributed by atoms with Crippen molar-refractivity contribution in [2.45, 2.75) is 51.4 Å². The second-order valence-electron chi connectivity index (χ2n) is 7.48. The molecule has 4 rings (SSSR count). The molecule has 2 nitrogen and oxygen atoms in total. The third-order valence-electron chi connectivity index (χ3n) is 6.74. The average molecular weight is 302 g/mol. The molecule has 0 saturated heterocycles. The molecule has 0 heterocycles. The Morgan fingerprint density at radius 3 is 2.82 bits per heavy atom. The van der Waals surface area contributed by atoms with Gasteiger partial charge >= 0.3 is 0 Å². The van der Waals surface area contributed by atoms with Gasteiger partial charge in [-0.15, -0.1) is 0 Å². The van der Waals surface area contributed by atoms with Gasteiger partial charge in [-0.1, -0.05) is 13.0 Å².